The van der Waals surface area contributed by atoms with Gasteiger partial charge in [0.15, 0.2) is 0 Å². The summed E-state index contributed by atoms with van der Waals surface area (Å²) in [4.78, 5) is 50.2. The zero-order valence-electron chi connectivity index (χ0n) is 18.8. The maximum atomic E-state index is 12.8. The minimum atomic E-state index is -0.640. The third-order valence-corrected chi connectivity index (χ3v) is 6.75. The summed E-state index contributed by atoms with van der Waals surface area (Å²) in [6.07, 6.45) is 0. The SMILES string of the molecule is COC(=O)c1c(NC(=O)CSc2cccc(NC(C)=O)c2)sc(C(=O)Nc2ccccc2)c1C. The highest BCUT2D eigenvalue weighted by molar-refractivity contribution is 8.00. The summed E-state index contributed by atoms with van der Waals surface area (Å²) in [5.41, 5.74) is 1.82. The maximum Gasteiger partial charge on any atom is 0.341 e. The fraction of sp³-hybridized carbons (Fsp3) is 0.167. The van der Waals surface area contributed by atoms with E-state index in [0.717, 1.165) is 16.2 Å². The van der Waals surface area contributed by atoms with Crippen molar-refractivity contribution in [2.45, 2.75) is 18.7 Å². The summed E-state index contributed by atoms with van der Waals surface area (Å²) in [5.74, 6) is -1.50. The first-order valence-corrected chi connectivity index (χ1v) is 12.0. The Bertz CT molecular complexity index is 1220. The van der Waals surface area contributed by atoms with Gasteiger partial charge in [0.2, 0.25) is 11.8 Å². The number of rotatable bonds is 8. The molecule has 3 aromatic rings. The predicted octanol–water partition coefficient (Wildman–Crippen LogP) is 4.78. The van der Waals surface area contributed by atoms with Gasteiger partial charge in [0, 0.05) is 23.2 Å². The zero-order valence-corrected chi connectivity index (χ0v) is 20.4. The molecule has 176 valence electrons. The molecule has 1 heterocycles. The quantitative estimate of drug-likeness (QED) is 0.305. The average molecular weight is 498 g/mol. The third kappa shape index (κ3) is 6.46. The van der Waals surface area contributed by atoms with Gasteiger partial charge < -0.3 is 20.7 Å². The fourth-order valence-electron chi connectivity index (χ4n) is 3.05. The third-order valence-electron chi connectivity index (χ3n) is 4.55. The van der Waals surface area contributed by atoms with Gasteiger partial charge in [-0.3, -0.25) is 14.4 Å². The summed E-state index contributed by atoms with van der Waals surface area (Å²) >= 11 is 2.29. The average Bonchev–Trinajstić information content (AvgIpc) is 3.13. The normalized spacial score (nSPS) is 10.3. The lowest BCUT2D eigenvalue weighted by Gasteiger charge is -2.07. The lowest BCUT2D eigenvalue weighted by Crippen LogP contribution is -2.16. The second-order valence-corrected chi connectivity index (χ2v) is 9.19. The summed E-state index contributed by atoms with van der Waals surface area (Å²) < 4.78 is 4.87. The number of hydrogen-bond donors (Lipinski definition) is 3. The second kappa shape index (κ2) is 11.5. The Morgan fingerprint density at radius 1 is 0.941 bits per heavy atom. The van der Waals surface area contributed by atoms with Crippen LogP contribution in [0.1, 0.15) is 32.5 Å². The number of anilines is 3. The Balaban J connectivity index is 1.74. The van der Waals surface area contributed by atoms with E-state index in [-0.39, 0.29) is 34.0 Å². The van der Waals surface area contributed by atoms with Crippen molar-refractivity contribution in [2.75, 3.05) is 28.8 Å². The number of benzene rings is 2. The minimum Gasteiger partial charge on any atom is -0.465 e. The molecule has 0 saturated heterocycles. The number of esters is 1. The van der Waals surface area contributed by atoms with Crippen molar-refractivity contribution in [3.63, 3.8) is 0 Å². The number of carbonyl (C=O) groups excluding carboxylic acids is 4. The van der Waals surface area contributed by atoms with Crippen molar-refractivity contribution in [3.05, 3.63) is 70.6 Å². The van der Waals surface area contributed by atoms with E-state index in [0.29, 0.717) is 21.8 Å². The predicted molar refractivity (Wildman–Crippen MR) is 135 cm³/mol. The molecule has 0 aliphatic heterocycles. The van der Waals surface area contributed by atoms with E-state index in [4.69, 9.17) is 4.74 Å². The van der Waals surface area contributed by atoms with Crippen LogP contribution in [0.3, 0.4) is 0 Å². The number of amides is 3. The largest absolute Gasteiger partial charge is 0.465 e. The number of thioether (sulfide) groups is 1. The van der Waals surface area contributed by atoms with Crippen molar-refractivity contribution in [3.8, 4) is 0 Å². The van der Waals surface area contributed by atoms with Crippen LogP contribution in [0.15, 0.2) is 59.5 Å². The summed E-state index contributed by atoms with van der Waals surface area (Å²) in [5, 5.41) is 8.46. The number of nitrogens with one attached hydrogen (secondary N) is 3. The van der Waals surface area contributed by atoms with Crippen LogP contribution in [0.4, 0.5) is 16.4 Å². The first-order valence-electron chi connectivity index (χ1n) is 10.2. The van der Waals surface area contributed by atoms with E-state index in [1.807, 2.05) is 12.1 Å². The number of para-hydroxylation sites is 1. The lowest BCUT2D eigenvalue weighted by molar-refractivity contribution is -0.114. The van der Waals surface area contributed by atoms with Gasteiger partial charge >= 0.3 is 5.97 Å². The molecule has 3 amide bonds. The van der Waals surface area contributed by atoms with Crippen molar-refractivity contribution in [1.29, 1.82) is 0 Å². The smallest absolute Gasteiger partial charge is 0.341 e. The topological polar surface area (TPSA) is 114 Å². The van der Waals surface area contributed by atoms with Gasteiger partial charge in [-0.2, -0.15) is 0 Å². The van der Waals surface area contributed by atoms with Crippen LogP contribution in [0.2, 0.25) is 0 Å². The van der Waals surface area contributed by atoms with Crippen molar-refractivity contribution in [2.24, 2.45) is 0 Å². The molecule has 0 fully saturated rings. The number of thiophene rings is 1. The van der Waals surface area contributed by atoms with Gasteiger partial charge in [0.25, 0.3) is 5.91 Å². The van der Waals surface area contributed by atoms with Crippen molar-refractivity contribution >= 4 is 63.2 Å². The highest BCUT2D eigenvalue weighted by Crippen LogP contribution is 2.34. The highest BCUT2D eigenvalue weighted by atomic mass is 32.2. The molecule has 8 nitrogen and oxygen atoms in total. The maximum absolute atomic E-state index is 12.8. The first kappa shape index (κ1) is 25.0. The van der Waals surface area contributed by atoms with Crippen LogP contribution in [0.25, 0.3) is 0 Å². The van der Waals surface area contributed by atoms with E-state index in [9.17, 15) is 19.2 Å². The Morgan fingerprint density at radius 3 is 2.32 bits per heavy atom. The van der Waals surface area contributed by atoms with Crippen LogP contribution in [0, 0.1) is 6.92 Å². The molecular formula is C24H23N3O5S2. The van der Waals surface area contributed by atoms with Gasteiger partial charge in [0.05, 0.1) is 23.3 Å². The molecule has 0 aliphatic rings. The Labute approximate surface area is 205 Å². The molecule has 34 heavy (non-hydrogen) atoms. The molecule has 0 saturated carbocycles. The Morgan fingerprint density at radius 2 is 1.65 bits per heavy atom. The number of hydrogen-bond acceptors (Lipinski definition) is 7. The van der Waals surface area contributed by atoms with Gasteiger partial charge in [-0.15, -0.1) is 23.1 Å². The van der Waals surface area contributed by atoms with Crippen molar-refractivity contribution in [1.82, 2.24) is 0 Å². The van der Waals surface area contributed by atoms with E-state index >= 15 is 0 Å². The second-order valence-electron chi connectivity index (χ2n) is 7.12. The number of ether oxygens (including phenoxy) is 1. The van der Waals surface area contributed by atoms with E-state index in [2.05, 4.69) is 16.0 Å². The lowest BCUT2D eigenvalue weighted by atomic mass is 10.1. The molecule has 0 radical (unpaired) electrons. The number of methoxy groups -OCH3 is 1. The summed E-state index contributed by atoms with van der Waals surface area (Å²) in [6.45, 7) is 3.06. The van der Waals surface area contributed by atoms with E-state index in [1.54, 1.807) is 49.4 Å². The number of carbonyl (C=O) groups is 4. The standard InChI is InChI=1S/C24H23N3O5S2/c1-14-20(24(31)32-3)23(34-21(14)22(30)26-16-8-5-4-6-9-16)27-19(29)13-33-18-11-7-10-17(12-18)25-15(2)28/h4-12H,13H2,1-3H3,(H,25,28)(H,26,30)(H,27,29). The molecule has 3 N–H and O–H groups in total. The Kier molecular flexibility index (Phi) is 8.44. The fourth-order valence-corrected chi connectivity index (χ4v) is 4.92. The van der Waals surface area contributed by atoms with Crippen LogP contribution in [-0.2, 0) is 14.3 Å². The van der Waals surface area contributed by atoms with E-state index in [1.165, 1.54) is 25.8 Å². The molecular weight excluding hydrogens is 474 g/mol. The molecule has 0 bridgehead atoms. The Hall–Kier alpha value is -3.63. The first-order chi connectivity index (χ1) is 16.3. The molecule has 0 spiro atoms. The van der Waals surface area contributed by atoms with Crippen LogP contribution < -0.4 is 16.0 Å². The zero-order chi connectivity index (χ0) is 24.7. The summed E-state index contributed by atoms with van der Waals surface area (Å²) in [7, 11) is 1.24. The molecule has 0 atom stereocenters. The monoisotopic (exact) mass is 497 g/mol. The highest BCUT2D eigenvalue weighted by Gasteiger charge is 2.26. The molecule has 0 unspecified atom stereocenters. The van der Waals surface area contributed by atoms with Crippen molar-refractivity contribution < 1.29 is 23.9 Å². The molecule has 3 rings (SSSR count). The molecule has 10 heteroatoms. The molecule has 1 aromatic heterocycles. The summed E-state index contributed by atoms with van der Waals surface area (Å²) in [6, 6.07) is 16.1. The van der Waals surface area contributed by atoms with Gasteiger partial charge in [0.1, 0.15) is 5.00 Å². The minimum absolute atomic E-state index is 0.0621. The van der Waals surface area contributed by atoms with Crippen LogP contribution in [0.5, 0.6) is 0 Å². The van der Waals surface area contributed by atoms with Gasteiger partial charge in [-0.1, -0.05) is 24.3 Å². The molecule has 0 aliphatic carbocycles. The molecule has 2 aromatic carbocycles. The van der Waals surface area contributed by atoms with Crippen LogP contribution in [-0.4, -0.2) is 36.6 Å². The van der Waals surface area contributed by atoms with E-state index < -0.39 is 5.97 Å². The van der Waals surface area contributed by atoms with Crippen LogP contribution >= 0.6 is 23.1 Å². The van der Waals surface area contributed by atoms with Gasteiger partial charge in [-0.25, -0.2) is 4.79 Å². The van der Waals surface area contributed by atoms with Gasteiger partial charge in [-0.05, 0) is 42.8 Å².